The summed E-state index contributed by atoms with van der Waals surface area (Å²) in [5.41, 5.74) is 3.09. The standard InChI is InChI=1S/C38H51NO9/c1-42-19-7-21-47-34-24-29(23-33(25-34)43-2)27-48-37-26-39(38(41)11-6-18-40)17-16-35(37)30-12-14-32(15-13-30)46-22-8-20-45-28-31-9-4-5-10-36(31)44-3/h4-5,9-10,12-15,23-25,35,37,40H,6-8,11,16-22,26-28H2,1-3H3/t35-,37+/m1/s1. The van der Waals surface area contributed by atoms with Gasteiger partial charge < -0.3 is 43.2 Å². The quantitative estimate of drug-likeness (QED) is 0.142. The molecule has 1 aliphatic heterocycles. The molecule has 0 bridgehead atoms. The largest absolute Gasteiger partial charge is 0.497 e. The van der Waals surface area contributed by atoms with E-state index in [4.69, 9.17) is 33.2 Å². The van der Waals surface area contributed by atoms with E-state index < -0.39 is 0 Å². The van der Waals surface area contributed by atoms with E-state index in [0.29, 0.717) is 77.1 Å². The number of aliphatic hydroxyl groups excluding tert-OH is 1. The molecule has 0 unspecified atom stereocenters. The van der Waals surface area contributed by atoms with Crippen molar-refractivity contribution in [1.82, 2.24) is 4.90 Å². The number of aliphatic hydroxyl groups is 1. The van der Waals surface area contributed by atoms with Crippen molar-refractivity contribution in [3.8, 4) is 23.0 Å². The van der Waals surface area contributed by atoms with E-state index in [1.54, 1.807) is 21.3 Å². The zero-order valence-electron chi connectivity index (χ0n) is 28.6. The van der Waals surface area contributed by atoms with Crippen LogP contribution in [0.4, 0.5) is 0 Å². The Morgan fingerprint density at radius 2 is 1.56 bits per heavy atom. The third kappa shape index (κ3) is 11.7. The van der Waals surface area contributed by atoms with Gasteiger partial charge in [-0.05, 0) is 54.3 Å². The van der Waals surface area contributed by atoms with Gasteiger partial charge in [0.15, 0.2) is 0 Å². The predicted octanol–water partition coefficient (Wildman–Crippen LogP) is 5.78. The highest BCUT2D eigenvalue weighted by Gasteiger charge is 2.33. The van der Waals surface area contributed by atoms with Crippen LogP contribution in [0.15, 0.2) is 66.7 Å². The molecule has 0 aromatic heterocycles. The normalized spacial score (nSPS) is 16.0. The highest BCUT2D eigenvalue weighted by molar-refractivity contribution is 5.76. The fourth-order valence-corrected chi connectivity index (χ4v) is 5.76. The Morgan fingerprint density at radius 3 is 2.31 bits per heavy atom. The Hall–Kier alpha value is -3.83. The molecule has 1 fully saturated rings. The average molecular weight is 666 g/mol. The molecule has 3 aromatic rings. The average Bonchev–Trinajstić information content (AvgIpc) is 3.13. The zero-order valence-corrected chi connectivity index (χ0v) is 28.6. The Labute approximate surface area is 284 Å². The molecule has 48 heavy (non-hydrogen) atoms. The third-order valence-corrected chi connectivity index (χ3v) is 8.32. The molecule has 2 atom stereocenters. The lowest BCUT2D eigenvalue weighted by molar-refractivity contribution is -0.136. The fourth-order valence-electron chi connectivity index (χ4n) is 5.76. The Balaban J connectivity index is 1.34. The summed E-state index contributed by atoms with van der Waals surface area (Å²) in [7, 11) is 4.97. The summed E-state index contributed by atoms with van der Waals surface area (Å²) in [4.78, 5) is 14.8. The van der Waals surface area contributed by atoms with Gasteiger partial charge in [0.05, 0.1) is 53.4 Å². The van der Waals surface area contributed by atoms with E-state index in [0.717, 1.165) is 47.5 Å². The van der Waals surface area contributed by atoms with Crippen LogP contribution in [-0.2, 0) is 32.2 Å². The van der Waals surface area contributed by atoms with Crippen molar-refractivity contribution in [3.63, 3.8) is 0 Å². The van der Waals surface area contributed by atoms with E-state index in [-0.39, 0.29) is 24.5 Å². The Kier molecular flexibility index (Phi) is 15.8. The smallest absolute Gasteiger partial charge is 0.222 e. The maximum Gasteiger partial charge on any atom is 0.222 e. The molecule has 1 heterocycles. The van der Waals surface area contributed by atoms with Crippen LogP contribution in [0.25, 0.3) is 0 Å². The lowest BCUT2D eigenvalue weighted by atomic mass is 9.86. The number of hydrogen-bond donors (Lipinski definition) is 1. The number of amides is 1. The number of carbonyl (C=O) groups is 1. The van der Waals surface area contributed by atoms with Gasteiger partial charge in [0.2, 0.25) is 5.91 Å². The maximum absolute atomic E-state index is 12.9. The Morgan fingerprint density at radius 1 is 0.812 bits per heavy atom. The molecule has 0 spiro atoms. The van der Waals surface area contributed by atoms with Crippen molar-refractivity contribution in [2.75, 3.05) is 67.5 Å². The molecule has 4 rings (SSSR count). The minimum atomic E-state index is -0.221. The molecule has 3 aromatic carbocycles. The molecule has 0 radical (unpaired) electrons. The first-order chi connectivity index (χ1) is 23.5. The highest BCUT2D eigenvalue weighted by Crippen LogP contribution is 2.33. The Bertz CT molecular complexity index is 1370. The number of piperidine rings is 1. The van der Waals surface area contributed by atoms with E-state index >= 15 is 0 Å². The molecular formula is C38H51NO9. The van der Waals surface area contributed by atoms with Crippen LogP contribution in [0.5, 0.6) is 23.0 Å². The number of ether oxygens (including phenoxy) is 7. The number of carbonyl (C=O) groups excluding carboxylic acids is 1. The van der Waals surface area contributed by atoms with Gasteiger partial charge in [-0.1, -0.05) is 30.3 Å². The van der Waals surface area contributed by atoms with Crippen molar-refractivity contribution in [1.29, 1.82) is 0 Å². The SMILES string of the molecule is COCCCOc1cc(CO[C@H]2CN(C(=O)CCCO)CC[C@@H]2c2ccc(OCCCOCc3ccccc3OC)cc2)cc(OC)c1. The van der Waals surface area contributed by atoms with Gasteiger partial charge in [0.1, 0.15) is 23.0 Å². The van der Waals surface area contributed by atoms with E-state index in [9.17, 15) is 9.90 Å². The van der Waals surface area contributed by atoms with Crippen LogP contribution in [0.2, 0.25) is 0 Å². The summed E-state index contributed by atoms with van der Waals surface area (Å²) in [5.74, 6) is 3.17. The molecule has 0 saturated carbocycles. The van der Waals surface area contributed by atoms with Crippen molar-refractivity contribution in [3.05, 3.63) is 83.4 Å². The van der Waals surface area contributed by atoms with Gasteiger partial charge >= 0.3 is 0 Å². The fraction of sp³-hybridized carbons (Fsp3) is 0.500. The van der Waals surface area contributed by atoms with Crippen LogP contribution in [-0.4, -0.2) is 89.5 Å². The summed E-state index contributed by atoms with van der Waals surface area (Å²) in [6.45, 7) is 4.24. The van der Waals surface area contributed by atoms with E-state index in [1.807, 2.05) is 59.5 Å². The van der Waals surface area contributed by atoms with Gasteiger partial charge in [0, 0.05) is 70.2 Å². The molecule has 1 aliphatic rings. The van der Waals surface area contributed by atoms with Crippen molar-refractivity contribution in [2.45, 2.75) is 57.3 Å². The van der Waals surface area contributed by atoms with Crippen LogP contribution < -0.4 is 18.9 Å². The van der Waals surface area contributed by atoms with Gasteiger partial charge in [-0.2, -0.15) is 0 Å². The first-order valence-electron chi connectivity index (χ1n) is 16.8. The molecular weight excluding hydrogens is 614 g/mol. The zero-order chi connectivity index (χ0) is 34.0. The number of methoxy groups -OCH3 is 3. The van der Waals surface area contributed by atoms with Crippen LogP contribution in [0, 0.1) is 0 Å². The number of nitrogens with zero attached hydrogens (tertiary/aromatic N) is 1. The number of hydrogen-bond acceptors (Lipinski definition) is 9. The van der Waals surface area contributed by atoms with E-state index in [1.165, 1.54) is 0 Å². The number of benzene rings is 3. The lowest BCUT2D eigenvalue weighted by Gasteiger charge is -2.39. The number of para-hydroxylation sites is 1. The molecule has 1 N–H and O–H groups in total. The van der Waals surface area contributed by atoms with Gasteiger partial charge in [0.25, 0.3) is 0 Å². The summed E-state index contributed by atoms with van der Waals surface area (Å²) >= 11 is 0. The summed E-state index contributed by atoms with van der Waals surface area (Å²) in [6, 6.07) is 21.8. The second-order valence-corrected chi connectivity index (χ2v) is 11.8. The lowest BCUT2D eigenvalue weighted by Crippen LogP contribution is -2.46. The first-order valence-corrected chi connectivity index (χ1v) is 16.8. The second kappa shape index (κ2) is 20.5. The van der Waals surface area contributed by atoms with E-state index in [2.05, 4.69) is 12.1 Å². The summed E-state index contributed by atoms with van der Waals surface area (Å²) in [6.07, 6.45) is 2.88. The highest BCUT2D eigenvalue weighted by atomic mass is 16.5. The van der Waals surface area contributed by atoms with Crippen molar-refractivity contribution >= 4 is 5.91 Å². The molecule has 1 amide bonds. The summed E-state index contributed by atoms with van der Waals surface area (Å²) in [5, 5.41) is 9.24. The second-order valence-electron chi connectivity index (χ2n) is 11.8. The van der Waals surface area contributed by atoms with Gasteiger partial charge in [-0.15, -0.1) is 0 Å². The van der Waals surface area contributed by atoms with Crippen LogP contribution in [0.3, 0.4) is 0 Å². The summed E-state index contributed by atoms with van der Waals surface area (Å²) < 4.78 is 40.4. The topological polar surface area (TPSA) is 105 Å². The molecule has 0 aliphatic carbocycles. The number of likely N-dealkylation sites (tertiary alicyclic amines) is 1. The van der Waals surface area contributed by atoms with Gasteiger partial charge in [-0.25, -0.2) is 0 Å². The monoisotopic (exact) mass is 665 g/mol. The molecule has 10 nitrogen and oxygen atoms in total. The predicted molar refractivity (Wildman–Crippen MR) is 183 cm³/mol. The van der Waals surface area contributed by atoms with Crippen LogP contribution in [0.1, 0.15) is 54.7 Å². The van der Waals surface area contributed by atoms with Crippen LogP contribution >= 0.6 is 0 Å². The molecule has 262 valence electrons. The molecule has 10 heteroatoms. The van der Waals surface area contributed by atoms with Gasteiger partial charge in [-0.3, -0.25) is 4.79 Å². The maximum atomic E-state index is 12.9. The minimum absolute atomic E-state index is 0.00178. The first kappa shape index (κ1) is 37.0. The number of rotatable bonds is 21. The van der Waals surface area contributed by atoms with Crippen molar-refractivity contribution < 1.29 is 43.1 Å². The molecule has 1 saturated heterocycles. The third-order valence-electron chi connectivity index (χ3n) is 8.32. The van der Waals surface area contributed by atoms with Crippen molar-refractivity contribution in [2.24, 2.45) is 0 Å². The minimum Gasteiger partial charge on any atom is -0.497 e.